The monoisotopic (exact) mass is 516 g/mol. The predicted molar refractivity (Wildman–Crippen MR) is 143 cm³/mol. The van der Waals surface area contributed by atoms with E-state index in [-0.39, 0.29) is 25.5 Å². The van der Waals surface area contributed by atoms with E-state index in [1.807, 2.05) is 24.3 Å². The molecule has 3 aromatic carbocycles. The molecule has 1 unspecified atom stereocenters. The summed E-state index contributed by atoms with van der Waals surface area (Å²) in [5.41, 5.74) is 5.46. The first kappa shape index (κ1) is 26.7. The van der Waals surface area contributed by atoms with Crippen LogP contribution in [-0.2, 0) is 27.2 Å². The average molecular weight is 517 g/mol. The highest BCUT2D eigenvalue weighted by atomic mass is 16.6. The van der Waals surface area contributed by atoms with E-state index >= 15 is 0 Å². The molecular weight excluding hydrogens is 484 g/mol. The fraction of sp³-hybridized carbons (Fsp3) is 0.300. The number of rotatable bonds is 8. The van der Waals surface area contributed by atoms with E-state index in [1.54, 1.807) is 45.0 Å². The van der Waals surface area contributed by atoms with Gasteiger partial charge in [-0.3, -0.25) is 0 Å². The molecule has 1 atom stereocenters. The summed E-state index contributed by atoms with van der Waals surface area (Å²) < 4.78 is 10.7. The predicted octanol–water partition coefficient (Wildman–Crippen LogP) is 5.25. The lowest BCUT2D eigenvalue weighted by Gasteiger charge is -2.22. The van der Waals surface area contributed by atoms with Crippen LogP contribution < -0.4 is 10.6 Å². The molecule has 1 aliphatic carbocycles. The molecule has 0 aliphatic heterocycles. The Morgan fingerprint density at radius 2 is 1.39 bits per heavy atom. The largest absolute Gasteiger partial charge is 0.480 e. The number of amides is 2. The van der Waals surface area contributed by atoms with Gasteiger partial charge in [-0.05, 0) is 54.2 Å². The van der Waals surface area contributed by atoms with Crippen LogP contribution in [0.3, 0.4) is 0 Å². The standard InChI is InChI=1S/C30H32N2O6/c1-30(2,3)38-29(36)32-26(27(33)34)16-19-12-14-20(15-13-19)17-31-28(35)37-18-25-23-10-6-4-8-21(23)22-9-5-7-11-24(22)25/h4-15,25-26H,16-18H2,1-3H3,(H,31,35)(H,32,36)(H,33,34). The third kappa shape index (κ3) is 6.70. The van der Waals surface area contributed by atoms with Crippen LogP contribution in [0.2, 0.25) is 0 Å². The Hall–Kier alpha value is -4.33. The van der Waals surface area contributed by atoms with E-state index in [4.69, 9.17) is 9.47 Å². The lowest BCUT2D eigenvalue weighted by atomic mass is 9.98. The van der Waals surface area contributed by atoms with Crippen molar-refractivity contribution < 1.29 is 29.0 Å². The first-order valence-corrected chi connectivity index (χ1v) is 12.5. The molecule has 0 saturated carbocycles. The second-order valence-electron chi connectivity index (χ2n) is 10.2. The van der Waals surface area contributed by atoms with E-state index in [0.29, 0.717) is 0 Å². The molecule has 4 rings (SSSR count). The highest BCUT2D eigenvalue weighted by Gasteiger charge is 2.29. The Balaban J connectivity index is 1.28. The van der Waals surface area contributed by atoms with Crippen LogP contribution in [0.25, 0.3) is 11.1 Å². The number of carbonyl (C=O) groups is 3. The van der Waals surface area contributed by atoms with Crippen LogP contribution in [0.4, 0.5) is 9.59 Å². The van der Waals surface area contributed by atoms with Crippen LogP contribution in [-0.4, -0.2) is 41.5 Å². The summed E-state index contributed by atoms with van der Waals surface area (Å²) in [6.45, 7) is 5.61. The number of carboxylic acids is 1. The Labute approximate surface area is 222 Å². The third-order valence-corrected chi connectivity index (χ3v) is 6.23. The number of benzene rings is 3. The summed E-state index contributed by atoms with van der Waals surface area (Å²) >= 11 is 0. The number of carboxylic acid groups (broad SMARTS) is 1. The number of hydrogen-bond donors (Lipinski definition) is 3. The average Bonchev–Trinajstić information content (AvgIpc) is 3.19. The molecule has 0 saturated heterocycles. The summed E-state index contributed by atoms with van der Waals surface area (Å²) in [7, 11) is 0. The summed E-state index contributed by atoms with van der Waals surface area (Å²) in [4.78, 5) is 36.0. The van der Waals surface area contributed by atoms with Crippen molar-refractivity contribution in [2.75, 3.05) is 6.61 Å². The fourth-order valence-electron chi connectivity index (χ4n) is 4.50. The molecule has 0 fully saturated rings. The maximum atomic E-state index is 12.4. The van der Waals surface area contributed by atoms with Gasteiger partial charge in [-0.2, -0.15) is 0 Å². The molecule has 198 valence electrons. The zero-order valence-electron chi connectivity index (χ0n) is 21.7. The zero-order chi connectivity index (χ0) is 27.3. The molecular formula is C30H32N2O6. The van der Waals surface area contributed by atoms with Gasteiger partial charge in [-0.15, -0.1) is 0 Å². The maximum Gasteiger partial charge on any atom is 0.408 e. The summed E-state index contributed by atoms with van der Waals surface area (Å²) in [5, 5.41) is 14.6. The van der Waals surface area contributed by atoms with Crippen LogP contribution in [0.15, 0.2) is 72.8 Å². The van der Waals surface area contributed by atoms with E-state index in [1.165, 1.54) is 11.1 Å². The van der Waals surface area contributed by atoms with Gasteiger partial charge >= 0.3 is 18.2 Å². The van der Waals surface area contributed by atoms with Crippen molar-refractivity contribution >= 4 is 18.2 Å². The molecule has 2 amide bonds. The number of fused-ring (bicyclic) bond motifs is 3. The molecule has 3 N–H and O–H groups in total. The quantitative estimate of drug-likeness (QED) is 0.377. The van der Waals surface area contributed by atoms with Gasteiger partial charge in [0, 0.05) is 18.9 Å². The van der Waals surface area contributed by atoms with Gasteiger partial charge in [0.1, 0.15) is 18.2 Å². The minimum atomic E-state index is -1.16. The number of nitrogens with one attached hydrogen (secondary N) is 2. The molecule has 1 aliphatic rings. The molecule has 3 aromatic rings. The van der Waals surface area contributed by atoms with Gasteiger partial charge < -0.3 is 25.2 Å². The number of ether oxygens (including phenoxy) is 2. The minimum Gasteiger partial charge on any atom is -0.480 e. The van der Waals surface area contributed by atoms with Gasteiger partial charge in [0.15, 0.2) is 0 Å². The summed E-state index contributed by atoms with van der Waals surface area (Å²) in [6, 6.07) is 22.3. The van der Waals surface area contributed by atoms with Crippen molar-refractivity contribution in [2.45, 2.75) is 51.3 Å². The summed E-state index contributed by atoms with van der Waals surface area (Å²) in [6.07, 6.45) is -1.20. The van der Waals surface area contributed by atoms with Crippen LogP contribution in [0, 0.1) is 0 Å². The van der Waals surface area contributed by atoms with E-state index < -0.39 is 29.8 Å². The van der Waals surface area contributed by atoms with Gasteiger partial charge in [0.2, 0.25) is 0 Å². The van der Waals surface area contributed by atoms with Crippen molar-refractivity contribution in [3.8, 4) is 11.1 Å². The Morgan fingerprint density at radius 3 is 1.95 bits per heavy atom. The smallest absolute Gasteiger partial charge is 0.408 e. The molecule has 8 nitrogen and oxygen atoms in total. The van der Waals surface area contributed by atoms with Crippen molar-refractivity contribution in [3.05, 3.63) is 95.1 Å². The maximum absolute atomic E-state index is 12.4. The lowest BCUT2D eigenvalue weighted by molar-refractivity contribution is -0.139. The van der Waals surface area contributed by atoms with Crippen molar-refractivity contribution in [1.29, 1.82) is 0 Å². The van der Waals surface area contributed by atoms with E-state index in [2.05, 4.69) is 34.9 Å². The molecule has 0 bridgehead atoms. The normalized spacial score (nSPS) is 13.1. The van der Waals surface area contributed by atoms with Crippen LogP contribution >= 0.6 is 0 Å². The number of carbonyl (C=O) groups excluding carboxylic acids is 2. The third-order valence-electron chi connectivity index (χ3n) is 6.23. The molecule has 0 spiro atoms. The number of hydrogen-bond acceptors (Lipinski definition) is 5. The first-order valence-electron chi connectivity index (χ1n) is 12.5. The Morgan fingerprint density at radius 1 is 0.842 bits per heavy atom. The Kier molecular flexibility index (Phi) is 8.00. The molecule has 0 heterocycles. The highest BCUT2D eigenvalue weighted by molar-refractivity contribution is 5.80. The van der Waals surface area contributed by atoms with E-state index in [9.17, 15) is 19.5 Å². The topological polar surface area (TPSA) is 114 Å². The van der Waals surface area contributed by atoms with Crippen molar-refractivity contribution in [3.63, 3.8) is 0 Å². The van der Waals surface area contributed by atoms with Gasteiger partial charge in [-0.25, -0.2) is 14.4 Å². The van der Waals surface area contributed by atoms with E-state index in [0.717, 1.165) is 22.3 Å². The minimum absolute atomic E-state index is 0.0103. The van der Waals surface area contributed by atoms with Gasteiger partial charge in [0.05, 0.1) is 0 Å². The second kappa shape index (κ2) is 11.4. The van der Waals surface area contributed by atoms with Crippen molar-refractivity contribution in [2.24, 2.45) is 0 Å². The zero-order valence-corrected chi connectivity index (χ0v) is 21.7. The lowest BCUT2D eigenvalue weighted by Crippen LogP contribution is -2.44. The Bertz CT molecular complexity index is 1270. The number of aliphatic carboxylic acids is 1. The molecule has 0 radical (unpaired) electrons. The fourth-order valence-corrected chi connectivity index (χ4v) is 4.50. The van der Waals surface area contributed by atoms with Crippen LogP contribution in [0.5, 0.6) is 0 Å². The molecule has 8 heteroatoms. The van der Waals surface area contributed by atoms with Gasteiger partial charge in [-0.1, -0.05) is 72.8 Å². The van der Waals surface area contributed by atoms with Gasteiger partial charge in [0.25, 0.3) is 0 Å². The molecule has 38 heavy (non-hydrogen) atoms. The highest BCUT2D eigenvalue weighted by Crippen LogP contribution is 2.44. The number of alkyl carbamates (subject to hydrolysis) is 2. The first-order chi connectivity index (χ1) is 18.1. The van der Waals surface area contributed by atoms with Crippen molar-refractivity contribution in [1.82, 2.24) is 10.6 Å². The van der Waals surface area contributed by atoms with Crippen LogP contribution in [0.1, 0.15) is 48.9 Å². The summed E-state index contributed by atoms with van der Waals surface area (Å²) in [5.74, 6) is -1.17. The molecule has 0 aromatic heterocycles. The SMILES string of the molecule is CC(C)(C)OC(=O)NC(Cc1ccc(CNC(=O)OCC2c3ccccc3-c3ccccc32)cc1)C(=O)O. The second-order valence-corrected chi connectivity index (χ2v) is 10.2.